The molecule has 1 heterocycles. The molecule has 2 nitrogen and oxygen atoms in total. The van der Waals surface area contributed by atoms with E-state index in [0.29, 0.717) is 5.15 Å². The highest BCUT2D eigenvalue weighted by Crippen LogP contribution is 2.09. The van der Waals surface area contributed by atoms with Gasteiger partial charge >= 0.3 is 0 Å². The monoisotopic (exact) mass is 194 g/mol. The van der Waals surface area contributed by atoms with Crippen molar-refractivity contribution in [2.75, 3.05) is 0 Å². The molecule has 1 rings (SSSR count). The van der Waals surface area contributed by atoms with E-state index in [1.54, 1.807) is 9.77 Å². The van der Waals surface area contributed by atoms with Crippen molar-refractivity contribution in [1.29, 1.82) is 0 Å². The van der Waals surface area contributed by atoms with Crippen LogP contribution in [-0.4, -0.2) is 8.81 Å². The molecule has 0 aliphatic rings. The molecule has 8 heavy (non-hydrogen) atoms. The molecule has 0 saturated carbocycles. The molecule has 1 aromatic heterocycles. The highest BCUT2D eigenvalue weighted by atomic mass is 79.9. The molecule has 0 atom stereocenters. The van der Waals surface area contributed by atoms with E-state index < -0.39 is 0 Å². The van der Waals surface area contributed by atoms with Crippen LogP contribution in [-0.2, 0) is 0 Å². The lowest BCUT2D eigenvalue weighted by molar-refractivity contribution is 0.990. The summed E-state index contributed by atoms with van der Waals surface area (Å²) in [5.41, 5.74) is 0.995. The number of rotatable bonds is 0. The van der Waals surface area contributed by atoms with E-state index >= 15 is 0 Å². The maximum Gasteiger partial charge on any atom is 0.152 e. The fourth-order valence-corrected chi connectivity index (χ4v) is 1.02. The Balaban J connectivity index is 3.14. The topological polar surface area (TPSA) is 17.8 Å². The zero-order valence-electron chi connectivity index (χ0n) is 4.23. The molecule has 0 fully saturated rings. The largest absolute Gasteiger partial charge is 0.201 e. The summed E-state index contributed by atoms with van der Waals surface area (Å²) in [4.78, 5) is 0. The van der Waals surface area contributed by atoms with Crippen molar-refractivity contribution >= 4 is 27.7 Å². The Morgan fingerprint density at radius 2 is 2.50 bits per heavy atom. The van der Waals surface area contributed by atoms with Crippen LogP contribution < -0.4 is 0 Å². The van der Waals surface area contributed by atoms with Gasteiger partial charge in [-0.2, -0.15) is 0 Å². The van der Waals surface area contributed by atoms with E-state index in [2.05, 4.69) is 21.2 Å². The fraction of sp³-hybridized carbons (Fsp3) is 0.250. The van der Waals surface area contributed by atoms with E-state index in [1.807, 2.05) is 6.92 Å². The molecule has 1 aromatic rings. The molecule has 0 unspecified atom stereocenters. The van der Waals surface area contributed by atoms with E-state index in [0.717, 1.165) is 5.69 Å². The Hall–Kier alpha value is -0.0200. The Bertz CT molecular complexity index is 176. The van der Waals surface area contributed by atoms with Gasteiger partial charge in [0, 0.05) is 5.69 Å². The lowest BCUT2D eigenvalue weighted by Gasteiger charge is -1.83. The second-order valence-corrected chi connectivity index (χ2v) is 2.53. The maximum absolute atomic E-state index is 5.50. The first-order chi connectivity index (χ1) is 3.70. The third-order valence-electron chi connectivity index (χ3n) is 0.802. The number of aryl methyl sites for hydroxylation is 1. The van der Waals surface area contributed by atoms with Gasteiger partial charge < -0.3 is 0 Å². The maximum atomic E-state index is 5.50. The summed E-state index contributed by atoms with van der Waals surface area (Å²) in [5.74, 6) is 0. The van der Waals surface area contributed by atoms with Gasteiger partial charge in [0.05, 0.1) is 16.1 Å². The SMILES string of the molecule is Cc1cc(Cl)nn1Br. The highest BCUT2D eigenvalue weighted by Gasteiger charge is 1.95. The number of nitrogens with zero attached hydrogens (tertiary/aromatic N) is 2. The second kappa shape index (κ2) is 2.07. The van der Waals surface area contributed by atoms with Crippen molar-refractivity contribution in [3.63, 3.8) is 0 Å². The van der Waals surface area contributed by atoms with Gasteiger partial charge in [-0.1, -0.05) is 11.6 Å². The molecule has 0 aliphatic heterocycles. The van der Waals surface area contributed by atoms with Gasteiger partial charge in [0.25, 0.3) is 0 Å². The minimum atomic E-state index is 0.513. The summed E-state index contributed by atoms with van der Waals surface area (Å²) >= 11 is 8.64. The molecule has 0 amide bonds. The molecular weight excluding hydrogens is 191 g/mol. The second-order valence-electron chi connectivity index (χ2n) is 1.47. The van der Waals surface area contributed by atoms with Crippen molar-refractivity contribution in [3.8, 4) is 0 Å². The van der Waals surface area contributed by atoms with Crippen LogP contribution in [0.2, 0.25) is 5.15 Å². The van der Waals surface area contributed by atoms with Crippen molar-refractivity contribution in [3.05, 3.63) is 16.9 Å². The van der Waals surface area contributed by atoms with Crippen LogP contribution >= 0.6 is 27.7 Å². The molecule has 44 valence electrons. The van der Waals surface area contributed by atoms with Gasteiger partial charge in [-0.05, 0) is 13.0 Å². The summed E-state index contributed by atoms with van der Waals surface area (Å²) in [6, 6.07) is 1.77. The number of hydrogen-bond acceptors (Lipinski definition) is 1. The zero-order valence-corrected chi connectivity index (χ0v) is 6.57. The average Bonchev–Trinajstić information content (AvgIpc) is 1.85. The van der Waals surface area contributed by atoms with Gasteiger partial charge in [-0.3, -0.25) is 0 Å². The van der Waals surface area contributed by atoms with Crippen molar-refractivity contribution in [2.45, 2.75) is 6.92 Å². The Morgan fingerprint density at radius 1 is 1.88 bits per heavy atom. The van der Waals surface area contributed by atoms with Crippen LogP contribution in [0.25, 0.3) is 0 Å². The van der Waals surface area contributed by atoms with E-state index in [1.165, 1.54) is 0 Å². The van der Waals surface area contributed by atoms with Crippen LogP contribution in [0.15, 0.2) is 6.07 Å². The van der Waals surface area contributed by atoms with Gasteiger partial charge in [0.1, 0.15) is 0 Å². The Kier molecular flexibility index (Phi) is 1.58. The Morgan fingerprint density at radius 3 is 2.62 bits per heavy atom. The molecule has 4 heteroatoms. The van der Waals surface area contributed by atoms with Crippen LogP contribution in [0.4, 0.5) is 0 Å². The number of halogens is 2. The summed E-state index contributed by atoms with van der Waals surface area (Å²) in [6.07, 6.45) is 0. The molecule has 0 spiro atoms. The molecule has 0 radical (unpaired) electrons. The van der Waals surface area contributed by atoms with Gasteiger partial charge in [0.2, 0.25) is 0 Å². The molecule has 0 aromatic carbocycles. The summed E-state index contributed by atoms with van der Waals surface area (Å²) < 4.78 is 1.55. The third kappa shape index (κ3) is 1.03. The molecule has 0 saturated heterocycles. The zero-order chi connectivity index (χ0) is 6.15. The predicted octanol–water partition coefficient (Wildman–Crippen LogP) is 2.00. The van der Waals surface area contributed by atoms with E-state index in [-0.39, 0.29) is 0 Å². The predicted molar refractivity (Wildman–Crippen MR) is 36.3 cm³/mol. The minimum absolute atomic E-state index is 0.513. The van der Waals surface area contributed by atoms with E-state index in [9.17, 15) is 0 Å². The molecule has 0 N–H and O–H groups in total. The average molecular weight is 195 g/mol. The summed E-state index contributed by atoms with van der Waals surface area (Å²) in [5, 5.41) is 4.32. The van der Waals surface area contributed by atoms with Gasteiger partial charge in [-0.15, -0.1) is 5.10 Å². The van der Waals surface area contributed by atoms with E-state index in [4.69, 9.17) is 11.6 Å². The lowest BCUT2D eigenvalue weighted by atomic mass is 10.5. The standard InChI is InChI=1S/C4H4BrClN2/c1-3-2-4(6)7-8(3)5/h2H,1H3. The van der Waals surface area contributed by atoms with Crippen LogP contribution in [0, 0.1) is 6.92 Å². The third-order valence-corrected chi connectivity index (χ3v) is 1.71. The highest BCUT2D eigenvalue weighted by molar-refractivity contribution is 9.08. The first-order valence-electron chi connectivity index (χ1n) is 2.08. The molecule has 0 bridgehead atoms. The quantitative estimate of drug-likeness (QED) is 0.619. The summed E-state index contributed by atoms with van der Waals surface area (Å²) in [6.45, 7) is 1.91. The van der Waals surface area contributed by atoms with Crippen molar-refractivity contribution in [2.24, 2.45) is 0 Å². The van der Waals surface area contributed by atoms with Crippen LogP contribution in [0.3, 0.4) is 0 Å². The van der Waals surface area contributed by atoms with Crippen molar-refractivity contribution < 1.29 is 0 Å². The Labute approximate surface area is 60.8 Å². The molecular formula is C4H4BrClN2. The van der Waals surface area contributed by atoms with Crippen LogP contribution in [0.1, 0.15) is 5.69 Å². The fourth-order valence-electron chi connectivity index (χ4n) is 0.417. The van der Waals surface area contributed by atoms with Gasteiger partial charge in [0.15, 0.2) is 5.15 Å². The smallest absolute Gasteiger partial charge is 0.152 e. The van der Waals surface area contributed by atoms with Gasteiger partial charge in [-0.25, -0.2) is 3.71 Å². The normalized spacial score (nSPS) is 9.88. The van der Waals surface area contributed by atoms with Crippen molar-refractivity contribution in [1.82, 2.24) is 8.81 Å². The van der Waals surface area contributed by atoms with Crippen LogP contribution in [0.5, 0.6) is 0 Å². The first-order valence-corrected chi connectivity index (χ1v) is 3.17. The number of aromatic nitrogens is 2. The lowest BCUT2D eigenvalue weighted by Crippen LogP contribution is -1.81. The number of hydrogen-bond donors (Lipinski definition) is 0. The summed E-state index contributed by atoms with van der Waals surface area (Å²) in [7, 11) is 0. The minimum Gasteiger partial charge on any atom is -0.201 e. The first kappa shape index (κ1) is 6.11. The molecule has 0 aliphatic carbocycles.